The molecular formula is C14H14ClNO3. The molecule has 1 aromatic rings. The van der Waals surface area contributed by atoms with Gasteiger partial charge in [-0.05, 0) is 36.6 Å². The molecule has 1 aliphatic heterocycles. The van der Waals surface area contributed by atoms with Crippen molar-refractivity contribution in [3.63, 3.8) is 0 Å². The number of unbranched alkanes of at least 4 members (excludes halogenated alkanes) is 2. The molecule has 0 aliphatic carbocycles. The van der Waals surface area contributed by atoms with Crippen molar-refractivity contribution < 1.29 is 14.4 Å². The Morgan fingerprint density at radius 3 is 2.11 bits per heavy atom. The summed E-state index contributed by atoms with van der Waals surface area (Å²) in [5.41, 5.74) is 0.951. The van der Waals surface area contributed by atoms with Crippen molar-refractivity contribution in [1.82, 2.24) is 4.90 Å². The zero-order chi connectivity index (χ0) is 13.8. The lowest BCUT2D eigenvalue weighted by Gasteiger charge is -2.13. The first-order valence-corrected chi connectivity index (χ1v) is 6.62. The highest BCUT2D eigenvalue weighted by molar-refractivity contribution is 6.63. The largest absolute Gasteiger partial charge is 0.281 e. The highest BCUT2D eigenvalue weighted by Crippen LogP contribution is 2.22. The van der Waals surface area contributed by atoms with Crippen LogP contribution in [0.5, 0.6) is 0 Å². The predicted octanol–water partition coefficient (Wildman–Crippen LogP) is 2.61. The molecule has 0 saturated heterocycles. The Bertz CT molecular complexity index is 492. The first-order chi connectivity index (χ1) is 9.11. The first kappa shape index (κ1) is 13.7. The summed E-state index contributed by atoms with van der Waals surface area (Å²) in [7, 11) is 0. The molecule has 100 valence electrons. The van der Waals surface area contributed by atoms with Crippen molar-refractivity contribution in [2.24, 2.45) is 0 Å². The smallest absolute Gasteiger partial charge is 0.261 e. The molecule has 4 nitrogen and oxygen atoms in total. The van der Waals surface area contributed by atoms with Gasteiger partial charge in [0.15, 0.2) is 0 Å². The maximum atomic E-state index is 12.0. The summed E-state index contributed by atoms with van der Waals surface area (Å²) in [6.45, 7) is 0.392. The topological polar surface area (TPSA) is 54.5 Å². The van der Waals surface area contributed by atoms with Gasteiger partial charge in [0.25, 0.3) is 11.8 Å². The van der Waals surface area contributed by atoms with E-state index in [0.717, 1.165) is 6.42 Å². The Hall–Kier alpha value is -1.68. The van der Waals surface area contributed by atoms with Crippen LogP contribution < -0.4 is 0 Å². The van der Waals surface area contributed by atoms with Gasteiger partial charge >= 0.3 is 0 Å². The van der Waals surface area contributed by atoms with Crippen molar-refractivity contribution in [2.45, 2.75) is 25.7 Å². The zero-order valence-corrected chi connectivity index (χ0v) is 11.2. The number of carbonyl (C=O) groups excluding carboxylic acids is 3. The Balaban J connectivity index is 1.88. The van der Waals surface area contributed by atoms with Gasteiger partial charge < -0.3 is 0 Å². The first-order valence-electron chi connectivity index (χ1n) is 6.25. The number of hydrogen-bond donors (Lipinski definition) is 0. The normalized spacial score (nSPS) is 13.8. The molecule has 1 heterocycles. The van der Waals surface area contributed by atoms with Gasteiger partial charge in [-0.2, -0.15) is 0 Å². The summed E-state index contributed by atoms with van der Waals surface area (Å²) >= 11 is 5.23. The maximum absolute atomic E-state index is 12.0. The lowest BCUT2D eigenvalue weighted by Crippen LogP contribution is -2.30. The Morgan fingerprint density at radius 1 is 1.00 bits per heavy atom. The molecule has 0 aromatic heterocycles. The molecule has 2 amide bonds. The second-order valence-electron chi connectivity index (χ2n) is 4.47. The van der Waals surface area contributed by atoms with Gasteiger partial charge in [0.2, 0.25) is 5.24 Å². The number of fused-ring (bicyclic) bond motifs is 1. The molecule has 5 heteroatoms. The summed E-state index contributed by atoms with van der Waals surface area (Å²) < 4.78 is 0. The van der Waals surface area contributed by atoms with E-state index in [2.05, 4.69) is 0 Å². The second kappa shape index (κ2) is 5.97. The average Bonchev–Trinajstić information content (AvgIpc) is 2.63. The average molecular weight is 280 g/mol. The molecule has 2 rings (SSSR count). The van der Waals surface area contributed by atoms with Gasteiger partial charge in [-0.15, -0.1) is 0 Å². The second-order valence-corrected chi connectivity index (χ2v) is 4.89. The summed E-state index contributed by atoms with van der Waals surface area (Å²) in [6, 6.07) is 6.84. The number of nitrogens with zero attached hydrogens (tertiary/aromatic N) is 1. The van der Waals surface area contributed by atoms with Crippen molar-refractivity contribution in [2.75, 3.05) is 6.54 Å². The summed E-state index contributed by atoms with van der Waals surface area (Å²) in [5, 5.41) is -0.347. The van der Waals surface area contributed by atoms with E-state index in [0.29, 0.717) is 36.9 Å². The number of rotatable bonds is 6. The van der Waals surface area contributed by atoms with Crippen molar-refractivity contribution >= 4 is 28.7 Å². The van der Waals surface area contributed by atoms with Crippen LogP contribution in [-0.4, -0.2) is 28.5 Å². The van der Waals surface area contributed by atoms with Crippen LogP contribution in [0.3, 0.4) is 0 Å². The Kier molecular flexibility index (Phi) is 4.32. The molecule has 0 N–H and O–H groups in total. The molecule has 0 unspecified atom stereocenters. The minimum Gasteiger partial charge on any atom is -0.281 e. The van der Waals surface area contributed by atoms with E-state index in [1.165, 1.54) is 4.90 Å². The number of imide groups is 1. The molecule has 19 heavy (non-hydrogen) atoms. The molecule has 0 spiro atoms. The van der Waals surface area contributed by atoms with E-state index in [9.17, 15) is 14.4 Å². The summed E-state index contributed by atoms with van der Waals surface area (Å²) in [4.78, 5) is 35.9. The van der Waals surface area contributed by atoms with Crippen LogP contribution >= 0.6 is 11.6 Å². The molecule has 0 fully saturated rings. The van der Waals surface area contributed by atoms with Crippen LogP contribution in [0.15, 0.2) is 24.3 Å². The van der Waals surface area contributed by atoms with Gasteiger partial charge in [0.05, 0.1) is 11.1 Å². The van der Waals surface area contributed by atoms with Crippen LogP contribution in [0.1, 0.15) is 46.4 Å². The van der Waals surface area contributed by atoms with Crippen molar-refractivity contribution in [1.29, 1.82) is 0 Å². The van der Waals surface area contributed by atoms with E-state index in [4.69, 9.17) is 11.6 Å². The predicted molar refractivity (Wildman–Crippen MR) is 71.1 cm³/mol. The molecule has 0 atom stereocenters. The fourth-order valence-electron chi connectivity index (χ4n) is 2.15. The fourth-order valence-corrected chi connectivity index (χ4v) is 2.29. The third-order valence-corrected chi connectivity index (χ3v) is 3.32. The number of benzene rings is 1. The van der Waals surface area contributed by atoms with E-state index < -0.39 is 0 Å². The Morgan fingerprint density at radius 2 is 1.58 bits per heavy atom. The lowest BCUT2D eigenvalue weighted by atomic mass is 10.1. The number of hydrogen-bond acceptors (Lipinski definition) is 3. The van der Waals surface area contributed by atoms with E-state index in [-0.39, 0.29) is 17.1 Å². The van der Waals surface area contributed by atoms with Crippen LogP contribution in [0.4, 0.5) is 0 Å². The molecular weight excluding hydrogens is 266 g/mol. The third kappa shape index (κ3) is 3.01. The van der Waals surface area contributed by atoms with Gasteiger partial charge in [-0.3, -0.25) is 19.3 Å². The minimum absolute atomic E-state index is 0.228. The third-order valence-electron chi connectivity index (χ3n) is 3.13. The van der Waals surface area contributed by atoms with Gasteiger partial charge in [0, 0.05) is 13.0 Å². The van der Waals surface area contributed by atoms with Crippen molar-refractivity contribution in [3.05, 3.63) is 35.4 Å². The van der Waals surface area contributed by atoms with E-state index >= 15 is 0 Å². The zero-order valence-electron chi connectivity index (χ0n) is 10.4. The standard InChI is InChI=1S/C14H14ClNO3/c15-12(17)8-2-1-5-9-16-13(18)10-6-3-4-7-11(10)14(16)19/h3-4,6-7H,1-2,5,8-9H2. The fraction of sp³-hybridized carbons (Fsp3) is 0.357. The quantitative estimate of drug-likeness (QED) is 0.457. The van der Waals surface area contributed by atoms with Crippen LogP contribution in [0, 0.1) is 0 Å². The Labute approximate surface area is 116 Å². The van der Waals surface area contributed by atoms with Crippen molar-refractivity contribution in [3.8, 4) is 0 Å². The van der Waals surface area contributed by atoms with Crippen LogP contribution in [-0.2, 0) is 4.79 Å². The van der Waals surface area contributed by atoms with Crippen LogP contribution in [0.25, 0.3) is 0 Å². The molecule has 0 saturated carbocycles. The van der Waals surface area contributed by atoms with E-state index in [1.54, 1.807) is 24.3 Å². The number of carbonyl (C=O) groups is 3. The lowest BCUT2D eigenvalue weighted by molar-refractivity contribution is -0.111. The molecule has 0 radical (unpaired) electrons. The SMILES string of the molecule is O=C(Cl)CCCCCN1C(=O)c2ccccc2C1=O. The molecule has 0 bridgehead atoms. The van der Waals surface area contributed by atoms with Gasteiger partial charge in [0.1, 0.15) is 0 Å². The summed E-state index contributed by atoms with van der Waals surface area (Å²) in [6.07, 6.45) is 2.48. The maximum Gasteiger partial charge on any atom is 0.261 e. The van der Waals surface area contributed by atoms with Gasteiger partial charge in [-0.1, -0.05) is 18.6 Å². The summed E-state index contributed by atoms with van der Waals surface area (Å²) in [5.74, 6) is -0.456. The van der Waals surface area contributed by atoms with Crippen LogP contribution in [0.2, 0.25) is 0 Å². The highest BCUT2D eigenvalue weighted by atomic mass is 35.5. The number of halogens is 1. The highest BCUT2D eigenvalue weighted by Gasteiger charge is 2.34. The molecule has 1 aliphatic rings. The van der Waals surface area contributed by atoms with Gasteiger partial charge in [-0.25, -0.2) is 0 Å². The monoisotopic (exact) mass is 279 g/mol. The number of amides is 2. The van der Waals surface area contributed by atoms with E-state index in [1.807, 2.05) is 0 Å². The minimum atomic E-state index is -0.347. The molecule has 1 aromatic carbocycles.